The van der Waals surface area contributed by atoms with Gasteiger partial charge in [0.25, 0.3) is 0 Å². The molecule has 36 heavy (non-hydrogen) atoms. The summed E-state index contributed by atoms with van der Waals surface area (Å²) < 4.78 is 5.44. The number of carbonyl (C=O) groups is 2. The Labute approximate surface area is 210 Å². The highest BCUT2D eigenvalue weighted by atomic mass is 16.5. The molecular formula is C28H30N4O4. The lowest BCUT2D eigenvalue weighted by Gasteiger charge is -2.29. The third kappa shape index (κ3) is 6.34. The molecule has 0 saturated carbocycles. The number of carboxylic acids is 1. The predicted octanol–water partition coefficient (Wildman–Crippen LogP) is 4.27. The van der Waals surface area contributed by atoms with Gasteiger partial charge >= 0.3 is 5.97 Å². The van der Waals surface area contributed by atoms with Crippen LogP contribution in [0.25, 0.3) is 17.2 Å². The zero-order valence-corrected chi connectivity index (χ0v) is 20.5. The number of benzene rings is 1. The summed E-state index contributed by atoms with van der Waals surface area (Å²) in [4.78, 5) is 37.1. The molecule has 1 N–H and O–H groups in total. The van der Waals surface area contributed by atoms with E-state index in [0.29, 0.717) is 44.0 Å². The number of hydrogen-bond acceptors (Lipinski definition) is 6. The average Bonchev–Trinajstić information content (AvgIpc) is 2.91. The Kier molecular flexibility index (Phi) is 8.07. The molecule has 2 aromatic heterocycles. The molecule has 1 aromatic carbocycles. The molecule has 1 aliphatic rings. The average molecular weight is 487 g/mol. The number of carboxylic acid groups (broad SMARTS) is 1. The van der Waals surface area contributed by atoms with Crippen molar-refractivity contribution in [3.05, 3.63) is 78.1 Å². The molecule has 0 aliphatic carbocycles. The highest BCUT2D eigenvalue weighted by Crippen LogP contribution is 2.26. The maximum Gasteiger partial charge on any atom is 0.328 e. The van der Waals surface area contributed by atoms with Crippen LogP contribution < -0.4 is 9.80 Å². The second-order valence-electron chi connectivity index (χ2n) is 8.93. The molecule has 0 bridgehead atoms. The van der Waals surface area contributed by atoms with E-state index in [1.807, 2.05) is 61.6 Å². The van der Waals surface area contributed by atoms with Gasteiger partial charge in [-0.3, -0.25) is 9.69 Å². The number of hydrogen-bond donors (Lipinski definition) is 1. The lowest BCUT2D eigenvalue weighted by molar-refractivity contribution is -0.131. The van der Waals surface area contributed by atoms with Gasteiger partial charge in [-0.1, -0.05) is 24.3 Å². The van der Waals surface area contributed by atoms with Gasteiger partial charge in [-0.2, -0.15) is 0 Å². The first-order chi connectivity index (χ1) is 17.4. The zero-order valence-electron chi connectivity index (χ0n) is 20.5. The summed E-state index contributed by atoms with van der Waals surface area (Å²) in [5.41, 5.74) is 3.68. The maximum absolute atomic E-state index is 13.6. The summed E-state index contributed by atoms with van der Waals surface area (Å²) in [6, 6.07) is 15.5. The number of anilines is 2. The first-order valence-electron chi connectivity index (χ1n) is 11.9. The van der Waals surface area contributed by atoms with Gasteiger partial charge in [0, 0.05) is 57.3 Å². The van der Waals surface area contributed by atoms with Crippen molar-refractivity contribution in [3.8, 4) is 11.1 Å². The van der Waals surface area contributed by atoms with Crippen LogP contribution in [0.5, 0.6) is 0 Å². The van der Waals surface area contributed by atoms with Gasteiger partial charge in [-0.25, -0.2) is 14.8 Å². The number of pyridine rings is 2. The summed E-state index contributed by atoms with van der Waals surface area (Å²) in [5.74, 6) is 0.212. The van der Waals surface area contributed by atoms with E-state index in [4.69, 9.17) is 9.84 Å². The van der Waals surface area contributed by atoms with Gasteiger partial charge in [-0.15, -0.1) is 0 Å². The van der Waals surface area contributed by atoms with Crippen molar-refractivity contribution < 1.29 is 19.4 Å². The first kappa shape index (κ1) is 25.1. The van der Waals surface area contributed by atoms with Gasteiger partial charge in [0.15, 0.2) is 0 Å². The summed E-state index contributed by atoms with van der Waals surface area (Å²) in [6.07, 6.45) is 7.35. The molecule has 8 heteroatoms. The molecule has 1 aliphatic heterocycles. The van der Waals surface area contributed by atoms with E-state index in [1.54, 1.807) is 23.2 Å². The fourth-order valence-corrected chi connectivity index (χ4v) is 4.10. The minimum atomic E-state index is -1.03. The Morgan fingerprint density at radius 1 is 1.00 bits per heavy atom. The highest BCUT2D eigenvalue weighted by Gasteiger charge is 2.28. The molecule has 3 heterocycles. The van der Waals surface area contributed by atoms with Crippen LogP contribution in [-0.2, 0) is 20.9 Å². The zero-order chi connectivity index (χ0) is 25.5. The standard InChI is InChI=1S/C28H30N4O4/c1-31(2)25-9-8-24(18-30-25)22-6-3-21(4-7-22)19-32(28(35)23-12-15-36-16-13-23)26-17-20(11-14-29-26)5-10-27(33)34/h3-11,14,17-18,23H,12-13,15-16,19H2,1-2H3,(H,33,34)/b10-5+. The molecule has 0 radical (unpaired) electrons. The van der Waals surface area contributed by atoms with E-state index in [-0.39, 0.29) is 11.8 Å². The molecule has 0 atom stereocenters. The molecule has 3 aromatic rings. The lowest BCUT2D eigenvalue weighted by atomic mass is 9.98. The SMILES string of the molecule is CN(C)c1ccc(-c2ccc(CN(C(=O)C3CCOCC3)c3cc(/C=C/C(=O)O)ccn3)cc2)cn1. The largest absolute Gasteiger partial charge is 0.478 e. The first-order valence-corrected chi connectivity index (χ1v) is 11.9. The van der Waals surface area contributed by atoms with Crippen LogP contribution in [0.4, 0.5) is 11.6 Å². The van der Waals surface area contributed by atoms with Gasteiger partial charge in [0.05, 0.1) is 6.54 Å². The van der Waals surface area contributed by atoms with Crippen LogP contribution in [-0.4, -0.2) is 54.3 Å². The van der Waals surface area contributed by atoms with Crippen molar-refractivity contribution in [2.24, 2.45) is 5.92 Å². The number of nitrogens with zero attached hydrogens (tertiary/aromatic N) is 4. The van der Waals surface area contributed by atoms with Crippen molar-refractivity contribution in [2.45, 2.75) is 19.4 Å². The Balaban J connectivity index is 1.58. The third-order valence-electron chi connectivity index (χ3n) is 6.14. The lowest BCUT2D eigenvalue weighted by Crippen LogP contribution is -2.38. The van der Waals surface area contributed by atoms with Crippen molar-refractivity contribution in [1.29, 1.82) is 0 Å². The molecule has 0 spiro atoms. The molecule has 1 fully saturated rings. The van der Waals surface area contributed by atoms with Gasteiger partial charge in [0.1, 0.15) is 11.6 Å². The van der Waals surface area contributed by atoms with Crippen molar-refractivity contribution in [1.82, 2.24) is 9.97 Å². The van der Waals surface area contributed by atoms with Gasteiger partial charge in [-0.05, 0) is 59.9 Å². The fraction of sp³-hybridized carbons (Fsp3) is 0.286. The van der Waals surface area contributed by atoms with Crippen LogP contribution in [0.3, 0.4) is 0 Å². The molecule has 8 nitrogen and oxygen atoms in total. The number of aromatic nitrogens is 2. The summed E-state index contributed by atoms with van der Waals surface area (Å²) in [7, 11) is 3.91. The number of aliphatic carboxylic acids is 1. The number of ether oxygens (including phenoxy) is 1. The molecule has 186 valence electrons. The predicted molar refractivity (Wildman–Crippen MR) is 140 cm³/mol. The maximum atomic E-state index is 13.6. The quantitative estimate of drug-likeness (QED) is 0.475. The molecular weight excluding hydrogens is 456 g/mol. The monoisotopic (exact) mass is 486 g/mol. The number of rotatable bonds is 8. The van der Waals surface area contributed by atoms with E-state index >= 15 is 0 Å². The summed E-state index contributed by atoms with van der Waals surface area (Å²) >= 11 is 0. The summed E-state index contributed by atoms with van der Waals surface area (Å²) in [5, 5.41) is 8.96. The summed E-state index contributed by atoms with van der Waals surface area (Å²) in [6.45, 7) is 1.48. The van der Waals surface area contributed by atoms with Gasteiger partial charge in [0.2, 0.25) is 5.91 Å². The fourth-order valence-electron chi connectivity index (χ4n) is 4.10. The topological polar surface area (TPSA) is 95.9 Å². The Bertz CT molecular complexity index is 1220. The van der Waals surface area contributed by atoms with E-state index in [0.717, 1.165) is 28.6 Å². The van der Waals surface area contributed by atoms with E-state index in [1.165, 1.54) is 6.08 Å². The van der Waals surface area contributed by atoms with Crippen LogP contribution in [0.2, 0.25) is 0 Å². The number of amides is 1. The smallest absolute Gasteiger partial charge is 0.328 e. The van der Waals surface area contributed by atoms with Crippen molar-refractivity contribution in [3.63, 3.8) is 0 Å². The van der Waals surface area contributed by atoms with Crippen LogP contribution in [0.15, 0.2) is 67.0 Å². The molecule has 1 saturated heterocycles. The second-order valence-corrected chi connectivity index (χ2v) is 8.93. The van der Waals surface area contributed by atoms with Crippen molar-refractivity contribution in [2.75, 3.05) is 37.1 Å². The molecule has 1 amide bonds. The minimum Gasteiger partial charge on any atom is -0.478 e. The highest BCUT2D eigenvalue weighted by molar-refractivity contribution is 5.94. The van der Waals surface area contributed by atoms with E-state index in [2.05, 4.69) is 9.97 Å². The number of carbonyl (C=O) groups excluding carboxylic acids is 1. The normalized spacial score (nSPS) is 14.1. The third-order valence-corrected chi connectivity index (χ3v) is 6.14. The Hall–Kier alpha value is -4.04. The van der Waals surface area contributed by atoms with Crippen LogP contribution in [0, 0.1) is 5.92 Å². The van der Waals surface area contributed by atoms with Gasteiger partial charge < -0.3 is 14.7 Å². The Morgan fingerprint density at radius 2 is 1.72 bits per heavy atom. The van der Waals surface area contributed by atoms with Crippen LogP contribution >= 0.6 is 0 Å². The van der Waals surface area contributed by atoms with E-state index in [9.17, 15) is 9.59 Å². The van der Waals surface area contributed by atoms with Crippen molar-refractivity contribution >= 4 is 29.6 Å². The van der Waals surface area contributed by atoms with E-state index < -0.39 is 5.97 Å². The van der Waals surface area contributed by atoms with Crippen LogP contribution in [0.1, 0.15) is 24.0 Å². The molecule has 0 unspecified atom stereocenters. The molecule has 4 rings (SSSR count). The minimum absolute atomic E-state index is 0.00212. The Morgan fingerprint density at radius 3 is 2.36 bits per heavy atom. The second kappa shape index (κ2) is 11.6.